The third-order valence-corrected chi connectivity index (χ3v) is 16.2. The average molecular weight is 874 g/mol. The second kappa shape index (κ2) is 16.5. The fourth-order valence-electron chi connectivity index (χ4n) is 12.9. The number of piperidine rings is 1. The van der Waals surface area contributed by atoms with Crippen LogP contribution in [0.3, 0.4) is 0 Å². The number of carbonyl (C=O) groups is 1. The highest BCUT2D eigenvalue weighted by molar-refractivity contribution is 5.67. The van der Waals surface area contributed by atoms with Crippen molar-refractivity contribution in [3.63, 3.8) is 0 Å². The summed E-state index contributed by atoms with van der Waals surface area (Å²) in [6.45, 7) is 17.7. The molecule has 2 bridgehead atoms. The van der Waals surface area contributed by atoms with E-state index in [9.17, 15) is 25.2 Å². The quantitative estimate of drug-likeness (QED) is 0.180. The minimum Gasteiger partial charge on any atom is -0.481 e. The summed E-state index contributed by atoms with van der Waals surface area (Å²) in [6.07, 6.45) is 5.42. The van der Waals surface area contributed by atoms with Crippen molar-refractivity contribution in [3.05, 3.63) is 36.5 Å². The van der Waals surface area contributed by atoms with Crippen LogP contribution in [0.25, 0.3) is 0 Å². The number of carboxylic acid groups (broad SMARTS) is 1. The molecule has 9 aliphatic rings. The number of aliphatic hydroxyl groups is 4. The van der Waals surface area contributed by atoms with Crippen LogP contribution in [-0.2, 0) is 42.7 Å². The molecule has 15 nitrogen and oxygen atoms in total. The van der Waals surface area contributed by atoms with Gasteiger partial charge in [0, 0.05) is 69.2 Å². The van der Waals surface area contributed by atoms with Gasteiger partial charge in [-0.25, -0.2) is 0 Å². The Hall–Kier alpha value is -1.83. The standard InChI is InChI=1S/C47H71NO14/c1-24-16-35-41-37(22-45(60-41)27(4)15-25(2)23-48-45)58-44(20-24,57-35)21-26(3)40-29(6)39(52)30(7)47(54,61-40)42(53)36-19-34-33(55-36)17-28(5)46(59-34)14-13-43(62-46)12-8-9-32(56-43)11-10-31(49)18-38(50)51/h8-11,24-25,27-37,39-42,48-49,52-54H,3,12-23H2,1-2,4-7H3,(H,50,51)/b11-10+/t24-,25+,27-,28+,29-,30+,31?,32-,33+,34+,35+,36-,37+,39+,40+,41+,42+,43-,44-,45-,46+,47+/m0/s1. The Bertz CT molecular complexity index is 1760. The topological polar surface area (TPSA) is 204 Å². The van der Waals surface area contributed by atoms with Gasteiger partial charge in [0.2, 0.25) is 0 Å². The summed E-state index contributed by atoms with van der Waals surface area (Å²) < 4.78 is 53.7. The first-order valence-electron chi connectivity index (χ1n) is 23.4. The van der Waals surface area contributed by atoms with Gasteiger partial charge < -0.3 is 63.4 Å². The molecule has 8 fully saturated rings. The number of aliphatic carboxylic acids is 1. The second-order valence-electron chi connectivity index (χ2n) is 21.1. The molecule has 0 aromatic rings. The Balaban J connectivity index is 0.859. The van der Waals surface area contributed by atoms with Gasteiger partial charge in [-0.15, -0.1) is 0 Å². The van der Waals surface area contributed by atoms with Gasteiger partial charge in [-0.05, 0) is 42.6 Å². The van der Waals surface area contributed by atoms with Crippen LogP contribution in [0.4, 0.5) is 0 Å². The molecule has 9 aliphatic heterocycles. The number of nitrogens with one attached hydrogen (secondary N) is 1. The van der Waals surface area contributed by atoms with E-state index in [1.165, 1.54) is 6.08 Å². The molecule has 0 aromatic carbocycles. The fraction of sp³-hybridized carbons (Fsp3) is 0.851. The lowest BCUT2D eigenvalue weighted by atomic mass is 9.74. The van der Waals surface area contributed by atoms with Gasteiger partial charge in [-0.1, -0.05) is 72.4 Å². The average Bonchev–Trinajstić information content (AvgIpc) is 3.89. The zero-order chi connectivity index (χ0) is 44.1. The van der Waals surface area contributed by atoms with Crippen molar-refractivity contribution in [2.75, 3.05) is 6.54 Å². The molecule has 8 saturated heterocycles. The largest absolute Gasteiger partial charge is 0.481 e. The van der Waals surface area contributed by atoms with Crippen LogP contribution in [0.5, 0.6) is 0 Å². The molecule has 22 atom stereocenters. The summed E-state index contributed by atoms with van der Waals surface area (Å²) in [7, 11) is 0. The molecule has 15 heteroatoms. The van der Waals surface area contributed by atoms with E-state index in [2.05, 4.69) is 39.6 Å². The van der Waals surface area contributed by atoms with E-state index in [-0.39, 0.29) is 36.8 Å². The maximum absolute atomic E-state index is 12.4. The van der Waals surface area contributed by atoms with Crippen LogP contribution in [0.15, 0.2) is 36.5 Å². The van der Waals surface area contributed by atoms with Crippen LogP contribution in [0, 0.1) is 35.5 Å². The first-order valence-corrected chi connectivity index (χ1v) is 23.4. The lowest BCUT2D eigenvalue weighted by molar-refractivity contribution is -0.371. The second-order valence-corrected chi connectivity index (χ2v) is 21.1. The van der Waals surface area contributed by atoms with E-state index >= 15 is 0 Å². The van der Waals surface area contributed by atoms with Gasteiger partial charge in [0.15, 0.2) is 23.1 Å². The number of hydrogen-bond acceptors (Lipinski definition) is 14. The van der Waals surface area contributed by atoms with E-state index in [1.807, 2.05) is 19.1 Å². The molecular weight excluding hydrogens is 803 g/mol. The van der Waals surface area contributed by atoms with E-state index in [1.54, 1.807) is 13.0 Å². The predicted octanol–water partition coefficient (Wildman–Crippen LogP) is 4.20. The third-order valence-electron chi connectivity index (χ3n) is 16.2. The molecule has 1 unspecified atom stereocenters. The number of aliphatic hydroxyl groups excluding tert-OH is 3. The highest BCUT2D eigenvalue weighted by atomic mass is 16.8. The molecule has 0 aromatic heterocycles. The molecule has 6 N–H and O–H groups in total. The van der Waals surface area contributed by atoms with Crippen molar-refractivity contribution in [1.29, 1.82) is 0 Å². The Kier molecular flexibility index (Phi) is 12.1. The minimum absolute atomic E-state index is 0.100. The van der Waals surface area contributed by atoms with Gasteiger partial charge in [0.25, 0.3) is 0 Å². The number of carboxylic acids is 1. The van der Waals surface area contributed by atoms with Gasteiger partial charge >= 0.3 is 5.97 Å². The van der Waals surface area contributed by atoms with Crippen molar-refractivity contribution in [3.8, 4) is 0 Å². The molecular formula is C47H71NO14. The Morgan fingerprint density at radius 1 is 0.887 bits per heavy atom. The smallest absolute Gasteiger partial charge is 0.306 e. The number of rotatable bonds is 9. The maximum Gasteiger partial charge on any atom is 0.306 e. The van der Waals surface area contributed by atoms with E-state index in [4.69, 9.17) is 43.0 Å². The van der Waals surface area contributed by atoms with E-state index in [0.717, 1.165) is 25.8 Å². The van der Waals surface area contributed by atoms with Gasteiger partial charge in [-0.2, -0.15) is 0 Å². The fourth-order valence-corrected chi connectivity index (χ4v) is 12.9. The third kappa shape index (κ3) is 8.00. The summed E-state index contributed by atoms with van der Waals surface area (Å²) >= 11 is 0. The molecule has 3 spiro atoms. The Labute approximate surface area is 365 Å². The highest BCUT2D eigenvalue weighted by Crippen LogP contribution is 2.56. The van der Waals surface area contributed by atoms with Crippen molar-refractivity contribution >= 4 is 5.97 Å². The number of ether oxygens (including phenoxy) is 8. The van der Waals surface area contributed by atoms with Crippen LogP contribution < -0.4 is 5.32 Å². The van der Waals surface area contributed by atoms with E-state index in [0.29, 0.717) is 61.9 Å². The Morgan fingerprint density at radius 2 is 1.66 bits per heavy atom. The maximum atomic E-state index is 12.4. The van der Waals surface area contributed by atoms with Crippen LogP contribution in [0.1, 0.15) is 112 Å². The van der Waals surface area contributed by atoms with Crippen LogP contribution in [0.2, 0.25) is 0 Å². The number of hydrogen-bond donors (Lipinski definition) is 6. The van der Waals surface area contributed by atoms with Gasteiger partial charge in [0.1, 0.15) is 17.9 Å². The summed E-state index contributed by atoms with van der Waals surface area (Å²) in [5.41, 5.74) is 0.170. The molecule has 0 saturated carbocycles. The molecule has 9 heterocycles. The summed E-state index contributed by atoms with van der Waals surface area (Å²) in [5.74, 6) is -6.39. The molecule has 0 radical (unpaired) electrons. The molecule has 0 aliphatic carbocycles. The SMILES string of the molecule is C=C(C[C@@]12C[C@@H](C)C[C@@H](O1)[C@H]1O[C@]3(C[C@H]1O2)NC[C@H](C)C[C@@H]3C)[C@H]1O[C@@](O)([C@H](O)[C@@H]2C[C@H]3O[C@@]4(CC[C@]5(CC=C[C@@H](/C=C/C(O)CC(=O)O)O5)O4)[C@H](C)C[C@H]3O2)[C@H](C)[C@H](O)[C@@H]1C. The normalized spacial score (nSPS) is 53.3. The first kappa shape index (κ1) is 45.3. The van der Waals surface area contributed by atoms with Crippen LogP contribution in [-0.4, -0.2) is 134 Å². The van der Waals surface area contributed by atoms with Crippen molar-refractivity contribution in [2.24, 2.45) is 35.5 Å². The predicted molar refractivity (Wildman–Crippen MR) is 222 cm³/mol. The summed E-state index contributed by atoms with van der Waals surface area (Å²) in [5, 5.41) is 59.1. The van der Waals surface area contributed by atoms with Crippen molar-refractivity contribution in [2.45, 2.75) is 208 Å². The molecule has 62 heavy (non-hydrogen) atoms. The monoisotopic (exact) mass is 873 g/mol. The van der Waals surface area contributed by atoms with Gasteiger partial charge in [0.05, 0.1) is 61.4 Å². The summed E-state index contributed by atoms with van der Waals surface area (Å²) in [6, 6.07) is 0. The lowest BCUT2D eigenvalue weighted by Crippen LogP contribution is -2.65. The number of fused-ring (bicyclic) bond motifs is 5. The van der Waals surface area contributed by atoms with Crippen molar-refractivity contribution in [1.82, 2.24) is 5.32 Å². The lowest BCUT2D eigenvalue weighted by Gasteiger charge is -2.54. The zero-order valence-corrected chi connectivity index (χ0v) is 37.2. The summed E-state index contributed by atoms with van der Waals surface area (Å²) in [4.78, 5) is 11.0. The van der Waals surface area contributed by atoms with Crippen LogP contribution >= 0.6 is 0 Å². The van der Waals surface area contributed by atoms with Gasteiger partial charge in [-0.3, -0.25) is 10.1 Å². The van der Waals surface area contributed by atoms with E-state index < -0.39 is 95.8 Å². The Morgan fingerprint density at radius 3 is 2.42 bits per heavy atom. The van der Waals surface area contributed by atoms with Crippen molar-refractivity contribution < 1.29 is 68.2 Å². The minimum atomic E-state index is -2.18. The highest BCUT2D eigenvalue weighted by Gasteiger charge is 2.65. The first-order chi connectivity index (χ1) is 29.3. The molecule has 348 valence electrons. The molecule has 0 amide bonds. The zero-order valence-electron chi connectivity index (χ0n) is 37.2. The molecule has 9 rings (SSSR count).